The summed E-state index contributed by atoms with van der Waals surface area (Å²) >= 11 is 12.0. The van der Waals surface area contributed by atoms with Gasteiger partial charge < -0.3 is 5.73 Å². The van der Waals surface area contributed by atoms with Crippen molar-refractivity contribution in [3.63, 3.8) is 0 Å². The number of benzene rings is 1. The third kappa shape index (κ3) is 2.83. The van der Waals surface area contributed by atoms with E-state index in [0.29, 0.717) is 19.5 Å². The minimum absolute atomic E-state index is 0.0179. The Kier molecular flexibility index (Phi) is 4.38. The monoisotopic (exact) mass is 336 g/mol. The van der Waals surface area contributed by atoms with E-state index in [1.165, 1.54) is 16.4 Å². The van der Waals surface area contributed by atoms with Crippen molar-refractivity contribution in [2.45, 2.75) is 31.2 Å². The van der Waals surface area contributed by atoms with E-state index in [9.17, 15) is 8.42 Å². The van der Waals surface area contributed by atoms with Crippen LogP contribution in [0.5, 0.6) is 0 Å². The Hall–Kier alpha value is -0.330. The lowest BCUT2D eigenvalue weighted by molar-refractivity contribution is 0.155. The Morgan fingerprint density at radius 2 is 1.85 bits per heavy atom. The maximum atomic E-state index is 12.7. The molecule has 1 aliphatic rings. The van der Waals surface area contributed by atoms with E-state index in [4.69, 9.17) is 28.9 Å². The number of nitrogens with zero attached hydrogens (tertiary/aromatic N) is 1. The molecule has 0 radical (unpaired) electrons. The Balaban J connectivity index is 2.42. The average molecular weight is 337 g/mol. The summed E-state index contributed by atoms with van der Waals surface area (Å²) in [6.45, 7) is 4.67. The number of halogens is 2. The predicted octanol–water partition coefficient (Wildman–Crippen LogP) is 2.74. The minimum atomic E-state index is -3.70. The van der Waals surface area contributed by atoms with Crippen molar-refractivity contribution in [2.75, 3.05) is 13.1 Å². The first-order valence-electron chi connectivity index (χ1n) is 6.36. The second-order valence-corrected chi connectivity index (χ2v) is 8.46. The van der Waals surface area contributed by atoms with Gasteiger partial charge >= 0.3 is 0 Å². The number of sulfonamides is 1. The topological polar surface area (TPSA) is 63.4 Å². The van der Waals surface area contributed by atoms with E-state index in [1.54, 1.807) is 6.07 Å². The molecule has 0 amide bonds. The fourth-order valence-electron chi connectivity index (χ4n) is 2.39. The highest BCUT2D eigenvalue weighted by Crippen LogP contribution is 2.36. The van der Waals surface area contributed by atoms with Crippen molar-refractivity contribution in [1.29, 1.82) is 0 Å². The molecule has 1 saturated heterocycles. The van der Waals surface area contributed by atoms with Crippen LogP contribution < -0.4 is 5.73 Å². The van der Waals surface area contributed by atoms with Gasteiger partial charge in [-0.1, -0.05) is 43.1 Å². The van der Waals surface area contributed by atoms with Gasteiger partial charge in [0.1, 0.15) is 4.90 Å². The SMILES string of the molecule is CC1(C)CN(S(=O)(=O)c2c(Cl)cccc2Cl)CCC1N. The lowest BCUT2D eigenvalue weighted by Gasteiger charge is -2.41. The lowest BCUT2D eigenvalue weighted by atomic mass is 9.81. The zero-order chi connectivity index (χ0) is 15.1. The van der Waals surface area contributed by atoms with Crippen LogP contribution in [0.15, 0.2) is 23.1 Å². The molecule has 1 aliphatic heterocycles. The Bertz CT molecular complexity index is 597. The smallest absolute Gasteiger partial charge is 0.246 e. The van der Waals surface area contributed by atoms with Gasteiger partial charge in [-0.15, -0.1) is 0 Å². The van der Waals surface area contributed by atoms with Gasteiger partial charge in [-0.25, -0.2) is 8.42 Å². The summed E-state index contributed by atoms with van der Waals surface area (Å²) in [5.74, 6) is 0. The van der Waals surface area contributed by atoms with Gasteiger partial charge in [0.15, 0.2) is 0 Å². The van der Waals surface area contributed by atoms with Crippen LogP contribution in [0.3, 0.4) is 0 Å². The van der Waals surface area contributed by atoms with Crippen LogP contribution in [-0.4, -0.2) is 31.9 Å². The van der Waals surface area contributed by atoms with E-state index in [1.807, 2.05) is 13.8 Å². The first-order valence-corrected chi connectivity index (χ1v) is 8.55. The van der Waals surface area contributed by atoms with Gasteiger partial charge in [0.05, 0.1) is 10.0 Å². The van der Waals surface area contributed by atoms with Crippen molar-refractivity contribution in [3.05, 3.63) is 28.2 Å². The van der Waals surface area contributed by atoms with Crippen molar-refractivity contribution in [1.82, 2.24) is 4.31 Å². The van der Waals surface area contributed by atoms with E-state index in [2.05, 4.69) is 0 Å². The summed E-state index contributed by atoms with van der Waals surface area (Å²) in [5.41, 5.74) is 5.76. The molecule has 1 unspecified atom stereocenters. The fourth-order valence-corrected chi connectivity index (χ4v) is 5.11. The standard InChI is InChI=1S/C13H18Cl2N2O2S/c1-13(2)8-17(7-6-11(13)16)20(18,19)12-9(14)4-3-5-10(12)15/h3-5,11H,6-8,16H2,1-2H3. The Labute approximate surface area is 129 Å². The third-order valence-electron chi connectivity index (χ3n) is 3.79. The van der Waals surface area contributed by atoms with Gasteiger partial charge in [-0.2, -0.15) is 4.31 Å². The zero-order valence-corrected chi connectivity index (χ0v) is 13.8. The molecule has 2 rings (SSSR count). The third-order valence-corrected chi connectivity index (χ3v) is 6.60. The molecular formula is C13H18Cl2N2O2S. The summed E-state index contributed by atoms with van der Waals surface area (Å²) in [7, 11) is -3.70. The Morgan fingerprint density at radius 1 is 1.30 bits per heavy atom. The molecule has 1 fully saturated rings. The molecule has 0 bridgehead atoms. The molecule has 0 aliphatic carbocycles. The van der Waals surface area contributed by atoms with E-state index in [0.717, 1.165) is 0 Å². The second-order valence-electron chi connectivity index (χ2n) is 5.77. The molecule has 1 aromatic carbocycles. The van der Waals surface area contributed by atoms with E-state index in [-0.39, 0.29) is 26.4 Å². The van der Waals surface area contributed by atoms with Gasteiger partial charge in [0.25, 0.3) is 0 Å². The van der Waals surface area contributed by atoms with Crippen molar-refractivity contribution < 1.29 is 8.42 Å². The molecule has 0 spiro atoms. The number of nitrogens with two attached hydrogens (primary N) is 1. The van der Waals surface area contributed by atoms with Crippen LogP contribution >= 0.6 is 23.2 Å². The normalized spacial score (nSPS) is 23.8. The van der Waals surface area contributed by atoms with Crippen LogP contribution in [0.4, 0.5) is 0 Å². The van der Waals surface area contributed by atoms with Crippen LogP contribution in [0.25, 0.3) is 0 Å². The first-order chi connectivity index (χ1) is 9.16. The van der Waals surface area contributed by atoms with Gasteiger partial charge in [0, 0.05) is 19.1 Å². The molecular weight excluding hydrogens is 319 g/mol. The van der Waals surface area contributed by atoms with Crippen LogP contribution in [0, 0.1) is 5.41 Å². The van der Waals surface area contributed by atoms with Crippen molar-refractivity contribution >= 4 is 33.2 Å². The summed E-state index contributed by atoms with van der Waals surface area (Å²) in [5, 5.41) is 0.287. The summed E-state index contributed by atoms with van der Waals surface area (Å²) in [6, 6.07) is 4.66. The molecule has 0 aromatic heterocycles. The molecule has 2 N–H and O–H groups in total. The molecule has 1 heterocycles. The first kappa shape index (κ1) is 16.0. The van der Waals surface area contributed by atoms with Crippen molar-refractivity contribution in [3.8, 4) is 0 Å². The minimum Gasteiger partial charge on any atom is -0.327 e. The highest BCUT2D eigenvalue weighted by atomic mass is 35.5. The maximum Gasteiger partial charge on any atom is 0.246 e. The highest BCUT2D eigenvalue weighted by Gasteiger charge is 2.40. The van der Waals surface area contributed by atoms with Crippen LogP contribution in [0.1, 0.15) is 20.3 Å². The highest BCUT2D eigenvalue weighted by molar-refractivity contribution is 7.89. The van der Waals surface area contributed by atoms with E-state index >= 15 is 0 Å². The van der Waals surface area contributed by atoms with Crippen LogP contribution in [-0.2, 0) is 10.0 Å². The van der Waals surface area contributed by atoms with Crippen molar-refractivity contribution in [2.24, 2.45) is 11.1 Å². The average Bonchev–Trinajstić information content (AvgIpc) is 2.32. The lowest BCUT2D eigenvalue weighted by Crippen LogP contribution is -2.53. The quantitative estimate of drug-likeness (QED) is 0.903. The van der Waals surface area contributed by atoms with Gasteiger partial charge in [-0.3, -0.25) is 0 Å². The summed E-state index contributed by atoms with van der Waals surface area (Å²) < 4.78 is 26.9. The summed E-state index contributed by atoms with van der Waals surface area (Å²) in [4.78, 5) is -0.0189. The van der Waals surface area contributed by atoms with E-state index < -0.39 is 10.0 Å². The number of hydrogen-bond donors (Lipinski definition) is 1. The maximum absolute atomic E-state index is 12.7. The fraction of sp³-hybridized carbons (Fsp3) is 0.538. The Morgan fingerprint density at radius 3 is 2.35 bits per heavy atom. The van der Waals surface area contributed by atoms with Gasteiger partial charge in [-0.05, 0) is 24.0 Å². The number of rotatable bonds is 2. The second kappa shape index (κ2) is 5.46. The molecule has 1 aromatic rings. The predicted molar refractivity (Wildman–Crippen MR) is 81.6 cm³/mol. The molecule has 1 atom stereocenters. The summed E-state index contributed by atoms with van der Waals surface area (Å²) in [6.07, 6.45) is 0.619. The van der Waals surface area contributed by atoms with Crippen LogP contribution in [0.2, 0.25) is 10.0 Å². The number of hydrogen-bond acceptors (Lipinski definition) is 3. The largest absolute Gasteiger partial charge is 0.327 e. The molecule has 20 heavy (non-hydrogen) atoms. The number of piperidine rings is 1. The van der Waals surface area contributed by atoms with Gasteiger partial charge in [0.2, 0.25) is 10.0 Å². The molecule has 0 saturated carbocycles. The zero-order valence-electron chi connectivity index (χ0n) is 11.4. The molecule has 4 nitrogen and oxygen atoms in total. The molecule has 112 valence electrons. The molecule has 7 heteroatoms.